The average Bonchev–Trinajstić information content (AvgIpc) is 2.90. The van der Waals surface area contributed by atoms with E-state index in [4.69, 9.17) is 14.2 Å². The highest BCUT2D eigenvalue weighted by Gasteiger charge is 2.21. The van der Waals surface area contributed by atoms with E-state index in [1.807, 2.05) is 13.0 Å². The zero-order valence-electron chi connectivity index (χ0n) is 15.3. The van der Waals surface area contributed by atoms with Gasteiger partial charge in [0.05, 0.1) is 20.3 Å². The van der Waals surface area contributed by atoms with E-state index in [1.54, 1.807) is 14.2 Å². The molecule has 0 fully saturated rings. The molecule has 1 aromatic carbocycles. The van der Waals surface area contributed by atoms with Gasteiger partial charge in [-0.25, -0.2) is 4.99 Å². The third-order valence-corrected chi connectivity index (χ3v) is 3.85. The molecular formula is C18H29N3O3. The molecule has 0 aromatic heterocycles. The number of methoxy groups -OCH3 is 2. The number of guanidine groups is 1. The summed E-state index contributed by atoms with van der Waals surface area (Å²) in [5, 5.41) is 6.58. The number of ether oxygens (including phenoxy) is 3. The smallest absolute Gasteiger partial charge is 0.191 e. The zero-order valence-corrected chi connectivity index (χ0v) is 15.3. The lowest BCUT2D eigenvalue weighted by Crippen LogP contribution is -2.43. The fourth-order valence-corrected chi connectivity index (χ4v) is 2.80. The van der Waals surface area contributed by atoms with E-state index in [9.17, 15) is 0 Å². The van der Waals surface area contributed by atoms with Crippen LogP contribution in [0.4, 0.5) is 0 Å². The number of fused-ring (bicyclic) bond motifs is 1. The maximum atomic E-state index is 5.85. The van der Waals surface area contributed by atoms with Crippen molar-refractivity contribution in [2.24, 2.45) is 4.99 Å². The lowest BCUT2D eigenvalue weighted by atomic mass is 10.1. The van der Waals surface area contributed by atoms with Crippen molar-refractivity contribution in [1.82, 2.24) is 10.6 Å². The maximum Gasteiger partial charge on any atom is 0.191 e. The van der Waals surface area contributed by atoms with Gasteiger partial charge in [0.15, 0.2) is 5.96 Å². The second-order valence-corrected chi connectivity index (χ2v) is 6.10. The summed E-state index contributed by atoms with van der Waals surface area (Å²) in [6, 6.07) is 4.29. The van der Waals surface area contributed by atoms with Crippen LogP contribution in [-0.4, -0.2) is 45.5 Å². The minimum atomic E-state index is 0.180. The molecular weight excluding hydrogens is 306 g/mol. The van der Waals surface area contributed by atoms with Crippen LogP contribution in [0, 0.1) is 0 Å². The van der Waals surface area contributed by atoms with E-state index in [2.05, 4.69) is 35.5 Å². The SMILES string of the molecule is CCNC(=NCc1cc2c(cc1OC)CC(C)O2)NC(C)COC. The van der Waals surface area contributed by atoms with Crippen LogP contribution >= 0.6 is 0 Å². The fourth-order valence-electron chi connectivity index (χ4n) is 2.80. The summed E-state index contributed by atoms with van der Waals surface area (Å²) < 4.78 is 16.5. The molecule has 134 valence electrons. The molecule has 2 atom stereocenters. The maximum absolute atomic E-state index is 5.85. The van der Waals surface area contributed by atoms with E-state index < -0.39 is 0 Å². The summed E-state index contributed by atoms with van der Waals surface area (Å²) in [5.41, 5.74) is 2.22. The van der Waals surface area contributed by atoms with Crippen LogP contribution in [0.2, 0.25) is 0 Å². The van der Waals surface area contributed by atoms with Gasteiger partial charge in [-0.3, -0.25) is 0 Å². The molecule has 6 heteroatoms. The van der Waals surface area contributed by atoms with Crippen LogP contribution in [0.5, 0.6) is 11.5 Å². The van der Waals surface area contributed by atoms with E-state index in [-0.39, 0.29) is 12.1 Å². The zero-order chi connectivity index (χ0) is 17.5. The number of hydrogen-bond acceptors (Lipinski definition) is 4. The van der Waals surface area contributed by atoms with Crippen LogP contribution in [0.3, 0.4) is 0 Å². The largest absolute Gasteiger partial charge is 0.496 e. The molecule has 6 nitrogen and oxygen atoms in total. The highest BCUT2D eigenvalue weighted by molar-refractivity contribution is 5.80. The number of aliphatic imine (C=N–C) groups is 1. The van der Waals surface area contributed by atoms with Gasteiger partial charge in [0.25, 0.3) is 0 Å². The Morgan fingerprint density at radius 2 is 2.21 bits per heavy atom. The molecule has 2 rings (SSSR count). The summed E-state index contributed by atoms with van der Waals surface area (Å²) >= 11 is 0. The predicted octanol–water partition coefficient (Wildman–Crippen LogP) is 2.11. The number of nitrogens with one attached hydrogen (secondary N) is 2. The monoisotopic (exact) mass is 335 g/mol. The minimum absolute atomic E-state index is 0.180. The summed E-state index contributed by atoms with van der Waals surface area (Å²) in [6.07, 6.45) is 1.14. The Morgan fingerprint density at radius 3 is 2.88 bits per heavy atom. The summed E-state index contributed by atoms with van der Waals surface area (Å²) in [7, 11) is 3.39. The van der Waals surface area contributed by atoms with E-state index in [0.717, 1.165) is 36.0 Å². The normalized spacial score (nSPS) is 17.9. The minimum Gasteiger partial charge on any atom is -0.496 e. The van der Waals surface area contributed by atoms with Gasteiger partial charge in [-0.15, -0.1) is 0 Å². The van der Waals surface area contributed by atoms with Crippen molar-refractivity contribution in [2.45, 2.75) is 45.9 Å². The van der Waals surface area contributed by atoms with Gasteiger partial charge >= 0.3 is 0 Å². The van der Waals surface area contributed by atoms with Gasteiger partial charge < -0.3 is 24.8 Å². The molecule has 0 saturated heterocycles. The molecule has 1 aliphatic rings. The first kappa shape index (κ1) is 18.4. The van der Waals surface area contributed by atoms with Gasteiger partial charge in [-0.2, -0.15) is 0 Å². The molecule has 1 aromatic rings. The summed E-state index contributed by atoms with van der Waals surface area (Å²) in [5.74, 6) is 2.56. The lowest BCUT2D eigenvalue weighted by Gasteiger charge is -2.17. The van der Waals surface area contributed by atoms with Crippen molar-refractivity contribution in [3.05, 3.63) is 23.3 Å². The first-order chi connectivity index (χ1) is 11.6. The number of rotatable bonds is 7. The molecule has 2 N–H and O–H groups in total. The Balaban J connectivity index is 2.14. The van der Waals surface area contributed by atoms with Crippen molar-refractivity contribution in [3.8, 4) is 11.5 Å². The fraction of sp³-hybridized carbons (Fsp3) is 0.611. The molecule has 2 unspecified atom stereocenters. The Kier molecular flexibility index (Phi) is 6.73. The van der Waals surface area contributed by atoms with Crippen molar-refractivity contribution < 1.29 is 14.2 Å². The van der Waals surface area contributed by atoms with E-state index in [1.165, 1.54) is 5.56 Å². The molecule has 24 heavy (non-hydrogen) atoms. The van der Waals surface area contributed by atoms with Crippen molar-refractivity contribution in [1.29, 1.82) is 0 Å². The Morgan fingerprint density at radius 1 is 1.42 bits per heavy atom. The third-order valence-electron chi connectivity index (χ3n) is 3.85. The lowest BCUT2D eigenvalue weighted by molar-refractivity contribution is 0.179. The summed E-state index contributed by atoms with van der Waals surface area (Å²) in [6.45, 7) is 8.12. The molecule has 0 radical (unpaired) electrons. The van der Waals surface area contributed by atoms with Gasteiger partial charge in [0, 0.05) is 37.2 Å². The molecule has 0 spiro atoms. The highest BCUT2D eigenvalue weighted by Crippen LogP contribution is 2.35. The second-order valence-electron chi connectivity index (χ2n) is 6.10. The van der Waals surface area contributed by atoms with Gasteiger partial charge in [-0.1, -0.05) is 0 Å². The average molecular weight is 335 g/mol. The number of benzene rings is 1. The molecule has 0 aliphatic carbocycles. The summed E-state index contributed by atoms with van der Waals surface area (Å²) in [4.78, 5) is 4.66. The first-order valence-electron chi connectivity index (χ1n) is 8.47. The van der Waals surface area contributed by atoms with Crippen molar-refractivity contribution >= 4 is 5.96 Å². The molecule has 1 heterocycles. The standard InChI is InChI=1S/C18H29N3O3/c1-6-19-18(21-12(2)11-22-4)20-10-15-9-17-14(7-13(3)24-17)8-16(15)23-5/h8-9,12-13H,6-7,10-11H2,1-5H3,(H2,19,20,21). The van der Waals surface area contributed by atoms with Gasteiger partial charge in [0.1, 0.15) is 17.6 Å². The van der Waals surface area contributed by atoms with Crippen molar-refractivity contribution in [2.75, 3.05) is 27.4 Å². The topological polar surface area (TPSA) is 64.1 Å². The molecule has 0 saturated carbocycles. The van der Waals surface area contributed by atoms with Crippen LogP contribution < -0.4 is 20.1 Å². The Hall–Kier alpha value is -1.95. The highest BCUT2D eigenvalue weighted by atomic mass is 16.5. The quantitative estimate of drug-likeness (QED) is 0.590. The number of nitrogens with zero attached hydrogens (tertiary/aromatic N) is 1. The van der Waals surface area contributed by atoms with E-state index in [0.29, 0.717) is 13.2 Å². The second kappa shape index (κ2) is 8.78. The third kappa shape index (κ3) is 4.77. The van der Waals surface area contributed by atoms with E-state index >= 15 is 0 Å². The number of hydrogen-bond donors (Lipinski definition) is 2. The van der Waals surface area contributed by atoms with Crippen LogP contribution in [0.1, 0.15) is 31.9 Å². The predicted molar refractivity (Wildman–Crippen MR) is 96.1 cm³/mol. The molecule has 1 aliphatic heterocycles. The van der Waals surface area contributed by atoms with Gasteiger partial charge in [0.2, 0.25) is 0 Å². The van der Waals surface area contributed by atoms with Crippen molar-refractivity contribution in [3.63, 3.8) is 0 Å². The van der Waals surface area contributed by atoms with Crippen LogP contribution in [0.25, 0.3) is 0 Å². The van der Waals surface area contributed by atoms with Crippen LogP contribution in [0.15, 0.2) is 17.1 Å². The molecule has 0 bridgehead atoms. The Labute approximate surface area is 144 Å². The Bertz CT molecular complexity index is 575. The van der Waals surface area contributed by atoms with Gasteiger partial charge in [-0.05, 0) is 32.9 Å². The van der Waals surface area contributed by atoms with Crippen LogP contribution in [-0.2, 0) is 17.7 Å². The first-order valence-corrected chi connectivity index (χ1v) is 8.47. The molecule has 0 amide bonds.